The van der Waals surface area contributed by atoms with E-state index in [2.05, 4.69) is 5.32 Å². The minimum Gasteiger partial charge on any atom is -0.493 e. The number of primary amides is 1. The van der Waals surface area contributed by atoms with Crippen LogP contribution in [0.4, 0.5) is 32.0 Å². The van der Waals surface area contributed by atoms with Crippen molar-refractivity contribution in [3.63, 3.8) is 0 Å². The highest BCUT2D eigenvalue weighted by Crippen LogP contribution is 2.51. The molecule has 3 N–H and O–H groups in total. The number of anilines is 1. The van der Waals surface area contributed by atoms with Crippen LogP contribution in [0.2, 0.25) is 0 Å². The first-order chi connectivity index (χ1) is 15.3. The van der Waals surface area contributed by atoms with E-state index < -0.39 is 70.8 Å². The van der Waals surface area contributed by atoms with E-state index in [9.17, 15) is 35.9 Å². The van der Waals surface area contributed by atoms with Crippen LogP contribution in [-0.2, 0) is 9.53 Å². The number of halogens is 6. The minimum absolute atomic E-state index is 0.143. The molecule has 2 amide bonds. The Labute approximate surface area is 183 Å². The summed E-state index contributed by atoms with van der Waals surface area (Å²) in [5.74, 6) is -7.97. The number of alkyl halides is 3. The molecule has 12 heteroatoms. The molecule has 1 aliphatic heterocycles. The molecule has 2 aromatic rings. The zero-order valence-electron chi connectivity index (χ0n) is 17.2. The van der Waals surface area contributed by atoms with E-state index in [4.69, 9.17) is 15.2 Å². The van der Waals surface area contributed by atoms with Gasteiger partial charge < -0.3 is 20.5 Å². The van der Waals surface area contributed by atoms with Crippen molar-refractivity contribution in [2.45, 2.75) is 37.1 Å². The second-order valence-corrected chi connectivity index (χ2v) is 7.61. The molecule has 0 saturated carbocycles. The predicted molar refractivity (Wildman–Crippen MR) is 103 cm³/mol. The Hall–Kier alpha value is -3.28. The lowest BCUT2D eigenvalue weighted by Gasteiger charge is -2.27. The number of hydrogen-bond acceptors (Lipinski definition) is 4. The molecule has 0 aromatic heterocycles. The van der Waals surface area contributed by atoms with Crippen LogP contribution in [0.25, 0.3) is 0 Å². The van der Waals surface area contributed by atoms with Crippen molar-refractivity contribution in [2.24, 2.45) is 5.73 Å². The van der Waals surface area contributed by atoms with Gasteiger partial charge in [-0.1, -0.05) is 6.07 Å². The lowest BCUT2D eigenvalue weighted by Crippen LogP contribution is -2.43. The Kier molecular flexibility index (Phi) is 6.33. The maximum absolute atomic E-state index is 14.2. The Balaban J connectivity index is 2.02. The molecule has 1 saturated heterocycles. The first-order valence-corrected chi connectivity index (χ1v) is 9.45. The highest BCUT2D eigenvalue weighted by molar-refractivity contribution is 5.98. The van der Waals surface area contributed by atoms with Gasteiger partial charge in [0.15, 0.2) is 17.2 Å². The number of ether oxygens (including phenoxy) is 2. The van der Waals surface area contributed by atoms with E-state index in [1.165, 1.54) is 0 Å². The van der Waals surface area contributed by atoms with Crippen molar-refractivity contribution < 1.29 is 45.4 Å². The van der Waals surface area contributed by atoms with E-state index in [1.807, 2.05) is 0 Å². The SMILES string of the molecule is COc1c([C@H]2C[C@](C)(C(F)(F)F)O[C@H]2C(=O)Nc2ccc(F)c(C(N)=O)c2)ccc(F)c1F. The first kappa shape index (κ1) is 24.4. The lowest BCUT2D eigenvalue weighted by molar-refractivity contribution is -0.261. The molecular formula is C21H18F6N2O4. The van der Waals surface area contributed by atoms with Crippen molar-refractivity contribution in [3.8, 4) is 5.75 Å². The Morgan fingerprint density at radius 1 is 1.15 bits per heavy atom. The van der Waals surface area contributed by atoms with Gasteiger partial charge in [-0.25, -0.2) is 8.78 Å². The molecule has 33 heavy (non-hydrogen) atoms. The summed E-state index contributed by atoms with van der Waals surface area (Å²) in [6, 6.07) is 4.51. The molecule has 0 aliphatic carbocycles. The van der Waals surface area contributed by atoms with Crippen LogP contribution in [0, 0.1) is 17.5 Å². The average Bonchev–Trinajstić information content (AvgIpc) is 3.10. The third-order valence-corrected chi connectivity index (χ3v) is 5.40. The van der Waals surface area contributed by atoms with E-state index in [-0.39, 0.29) is 11.3 Å². The van der Waals surface area contributed by atoms with Crippen LogP contribution >= 0.6 is 0 Å². The van der Waals surface area contributed by atoms with Gasteiger partial charge in [0.1, 0.15) is 11.9 Å². The van der Waals surface area contributed by atoms with Crippen LogP contribution in [0.15, 0.2) is 30.3 Å². The van der Waals surface area contributed by atoms with Gasteiger partial charge in [-0.3, -0.25) is 9.59 Å². The molecule has 3 rings (SSSR count). The zero-order valence-corrected chi connectivity index (χ0v) is 17.2. The van der Waals surface area contributed by atoms with Gasteiger partial charge in [-0.15, -0.1) is 0 Å². The van der Waals surface area contributed by atoms with Crippen LogP contribution in [-0.4, -0.2) is 36.8 Å². The monoisotopic (exact) mass is 476 g/mol. The standard InChI is InChI=1S/C21H18F6N2O4/c1-20(21(25,26)27)8-12(10-4-6-14(23)15(24)16(10)32-2)17(33-20)19(31)29-9-3-5-13(22)11(7-9)18(28)30/h3-7,12,17H,8H2,1-2H3,(H2,28,30)(H,29,31)/t12-,17-,20-/m1/s1. The van der Waals surface area contributed by atoms with E-state index in [1.54, 1.807) is 0 Å². The smallest absolute Gasteiger partial charge is 0.417 e. The van der Waals surface area contributed by atoms with Gasteiger partial charge in [-0.05, 0) is 37.6 Å². The lowest BCUT2D eigenvalue weighted by atomic mass is 9.85. The number of carbonyl (C=O) groups excluding carboxylic acids is 2. The number of benzene rings is 2. The number of nitrogens with one attached hydrogen (secondary N) is 1. The second-order valence-electron chi connectivity index (χ2n) is 7.61. The average molecular weight is 476 g/mol. The van der Waals surface area contributed by atoms with Gasteiger partial charge in [-0.2, -0.15) is 17.6 Å². The molecule has 0 bridgehead atoms. The zero-order chi connectivity index (χ0) is 24.7. The van der Waals surface area contributed by atoms with Crippen molar-refractivity contribution >= 4 is 17.5 Å². The maximum atomic E-state index is 14.2. The maximum Gasteiger partial charge on any atom is 0.417 e. The summed E-state index contributed by atoms with van der Waals surface area (Å²) < 4.78 is 92.6. The molecule has 1 fully saturated rings. The van der Waals surface area contributed by atoms with Crippen LogP contribution < -0.4 is 15.8 Å². The van der Waals surface area contributed by atoms with Crippen LogP contribution in [0.5, 0.6) is 5.75 Å². The molecule has 1 heterocycles. The fourth-order valence-electron chi connectivity index (χ4n) is 3.68. The number of hydrogen-bond donors (Lipinski definition) is 2. The normalized spacial score (nSPS) is 22.8. The van der Waals surface area contributed by atoms with E-state index in [0.29, 0.717) is 6.07 Å². The highest BCUT2D eigenvalue weighted by Gasteiger charge is 2.61. The van der Waals surface area contributed by atoms with E-state index >= 15 is 0 Å². The molecule has 0 spiro atoms. The quantitative estimate of drug-likeness (QED) is 0.638. The Morgan fingerprint density at radius 3 is 2.36 bits per heavy atom. The van der Waals surface area contributed by atoms with Gasteiger partial charge in [0, 0.05) is 17.2 Å². The van der Waals surface area contributed by atoms with Crippen LogP contribution in [0.3, 0.4) is 0 Å². The molecule has 178 valence electrons. The van der Waals surface area contributed by atoms with Gasteiger partial charge in [0.05, 0.1) is 12.7 Å². The topological polar surface area (TPSA) is 90.7 Å². The van der Waals surface area contributed by atoms with Crippen molar-refractivity contribution in [1.29, 1.82) is 0 Å². The summed E-state index contributed by atoms with van der Waals surface area (Å²) in [4.78, 5) is 24.2. The van der Waals surface area contributed by atoms with Gasteiger partial charge >= 0.3 is 6.18 Å². The molecular weight excluding hydrogens is 458 g/mol. The molecule has 2 aromatic carbocycles. The minimum atomic E-state index is -4.90. The first-order valence-electron chi connectivity index (χ1n) is 9.45. The third-order valence-electron chi connectivity index (χ3n) is 5.40. The number of methoxy groups -OCH3 is 1. The summed E-state index contributed by atoms with van der Waals surface area (Å²) in [7, 11) is 0.999. The number of rotatable bonds is 5. The van der Waals surface area contributed by atoms with E-state index in [0.717, 1.165) is 38.3 Å². The summed E-state index contributed by atoms with van der Waals surface area (Å²) in [6.07, 6.45) is -7.52. The highest BCUT2D eigenvalue weighted by atomic mass is 19.4. The number of carbonyl (C=O) groups is 2. The molecule has 1 aliphatic rings. The summed E-state index contributed by atoms with van der Waals surface area (Å²) in [5.41, 5.74) is 1.35. The predicted octanol–water partition coefficient (Wildman–Crippen LogP) is 4.04. The summed E-state index contributed by atoms with van der Waals surface area (Å²) >= 11 is 0. The van der Waals surface area contributed by atoms with Crippen molar-refractivity contribution in [1.82, 2.24) is 0 Å². The largest absolute Gasteiger partial charge is 0.493 e. The fraction of sp³-hybridized carbons (Fsp3) is 0.333. The molecule has 0 radical (unpaired) electrons. The van der Waals surface area contributed by atoms with Crippen molar-refractivity contribution in [3.05, 3.63) is 58.9 Å². The van der Waals surface area contributed by atoms with Crippen molar-refractivity contribution in [2.75, 3.05) is 12.4 Å². The molecule has 3 atom stereocenters. The second kappa shape index (κ2) is 8.58. The van der Waals surface area contributed by atoms with Gasteiger partial charge in [0.2, 0.25) is 5.82 Å². The number of nitrogens with two attached hydrogens (primary N) is 1. The number of amides is 2. The Morgan fingerprint density at radius 2 is 1.79 bits per heavy atom. The molecule has 6 nitrogen and oxygen atoms in total. The summed E-state index contributed by atoms with van der Waals surface area (Å²) in [6.45, 7) is 0.725. The third kappa shape index (κ3) is 4.47. The van der Waals surface area contributed by atoms with Crippen LogP contribution in [0.1, 0.15) is 35.2 Å². The fourth-order valence-corrected chi connectivity index (χ4v) is 3.68. The summed E-state index contributed by atoms with van der Waals surface area (Å²) in [5, 5.41) is 2.24. The Bertz CT molecular complexity index is 1110. The van der Waals surface area contributed by atoms with Gasteiger partial charge in [0.25, 0.3) is 11.8 Å². The molecule has 0 unspecified atom stereocenters.